The highest BCUT2D eigenvalue weighted by atomic mass is 32.1. The first-order chi connectivity index (χ1) is 11.8. The zero-order chi connectivity index (χ0) is 16.5. The van der Waals surface area contributed by atoms with E-state index in [0.717, 1.165) is 38.2 Å². The van der Waals surface area contributed by atoms with E-state index in [9.17, 15) is 0 Å². The third kappa shape index (κ3) is 2.41. The van der Waals surface area contributed by atoms with E-state index < -0.39 is 0 Å². The van der Waals surface area contributed by atoms with Gasteiger partial charge in [0.25, 0.3) is 0 Å². The van der Waals surface area contributed by atoms with Gasteiger partial charge in [0, 0.05) is 23.3 Å². The molecular formula is C20H15N3S. The Bertz CT molecular complexity index is 1080. The van der Waals surface area contributed by atoms with Crippen molar-refractivity contribution in [3.63, 3.8) is 0 Å². The second-order valence-corrected chi connectivity index (χ2v) is 6.00. The van der Waals surface area contributed by atoms with Crippen molar-refractivity contribution in [1.82, 2.24) is 14.5 Å². The van der Waals surface area contributed by atoms with Crippen molar-refractivity contribution in [3.05, 3.63) is 83.3 Å². The Morgan fingerprint density at radius 1 is 0.875 bits per heavy atom. The molecule has 0 fully saturated rings. The molecule has 4 rings (SSSR count). The van der Waals surface area contributed by atoms with E-state index in [1.54, 1.807) is 12.4 Å². The van der Waals surface area contributed by atoms with Crippen molar-refractivity contribution in [2.45, 2.75) is 6.92 Å². The number of rotatable bonds is 2. The summed E-state index contributed by atoms with van der Waals surface area (Å²) in [6.07, 6.45) is 3.55. The highest BCUT2D eigenvalue weighted by Gasteiger charge is 2.13. The van der Waals surface area contributed by atoms with Gasteiger partial charge in [0.15, 0.2) is 0 Å². The van der Waals surface area contributed by atoms with E-state index in [1.807, 2.05) is 48.5 Å². The van der Waals surface area contributed by atoms with Gasteiger partial charge in [-0.15, -0.1) is 0 Å². The minimum absolute atomic E-state index is 0.765. The average Bonchev–Trinajstić information content (AvgIpc) is 2.63. The number of nitrogens with zero attached hydrogens (tertiary/aromatic N) is 3. The van der Waals surface area contributed by atoms with Crippen LogP contribution in [0.15, 0.2) is 73.1 Å². The van der Waals surface area contributed by atoms with Crippen LogP contribution in [-0.2, 0) is 0 Å². The van der Waals surface area contributed by atoms with Gasteiger partial charge in [0.05, 0.1) is 11.2 Å². The maximum absolute atomic E-state index is 5.83. The standard InChI is InChI=1S/C20H15N3S/c1-14-6-2-5-9-18(14)23-19(15-10-12-21-13-11-15)22-17-8-4-3-7-16(17)20(23)24/h2-13H,1H3. The highest BCUT2D eigenvalue weighted by Crippen LogP contribution is 2.27. The van der Waals surface area contributed by atoms with Gasteiger partial charge in [0.1, 0.15) is 10.5 Å². The predicted molar refractivity (Wildman–Crippen MR) is 99.9 cm³/mol. The lowest BCUT2D eigenvalue weighted by molar-refractivity contribution is 0.991. The molecule has 0 aliphatic heterocycles. The molecule has 2 aromatic carbocycles. The Morgan fingerprint density at radius 3 is 2.38 bits per heavy atom. The maximum Gasteiger partial charge on any atom is 0.146 e. The van der Waals surface area contributed by atoms with Crippen LogP contribution >= 0.6 is 12.2 Å². The minimum atomic E-state index is 0.765. The third-order valence-corrected chi connectivity index (χ3v) is 4.47. The molecule has 0 atom stereocenters. The van der Waals surface area contributed by atoms with Crippen molar-refractivity contribution in [2.24, 2.45) is 0 Å². The number of aromatic nitrogens is 3. The summed E-state index contributed by atoms with van der Waals surface area (Å²) < 4.78 is 2.82. The maximum atomic E-state index is 5.83. The second kappa shape index (κ2) is 5.98. The molecule has 0 saturated carbocycles. The Kier molecular flexibility index (Phi) is 3.67. The van der Waals surface area contributed by atoms with E-state index in [-0.39, 0.29) is 0 Å². The molecule has 0 spiro atoms. The fraction of sp³-hybridized carbons (Fsp3) is 0.0500. The molecule has 0 radical (unpaired) electrons. The summed E-state index contributed by atoms with van der Waals surface area (Å²) in [5.41, 5.74) is 4.10. The molecule has 2 heterocycles. The minimum Gasteiger partial charge on any atom is -0.284 e. The Balaban J connectivity index is 2.16. The number of para-hydroxylation sites is 2. The summed E-state index contributed by atoms with van der Waals surface area (Å²) in [5.74, 6) is 0.829. The Labute approximate surface area is 145 Å². The van der Waals surface area contributed by atoms with E-state index in [0.29, 0.717) is 0 Å². The zero-order valence-corrected chi connectivity index (χ0v) is 14.0. The van der Waals surface area contributed by atoms with Crippen molar-refractivity contribution in [2.75, 3.05) is 0 Å². The molecular weight excluding hydrogens is 314 g/mol. The SMILES string of the molecule is Cc1ccccc1-n1c(-c2ccncc2)nc2ccccc2c1=S. The van der Waals surface area contributed by atoms with Gasteiger partial charge in [-0.05, 0) is 42.8 Å². The molecule has 4 aromatic rings. The lowest BCUT2D eigenvalue weighted by Crippen LogP contribution is -2.07. The number of hydrogen-bond acceptors (Lipinski definition) is 3. The van der Waals surface area contributed by atoms with Gasteiger partial charge in [-0.25, -0.2) is 4.98 Å². The summed E-state index contributed by atoms with van der Waals surface area (Å²) in [7, 11) is 0. The van der Waals surface area contributed by atoms with Gasteiger partial charge in [-0.1, -0.05) is 42.5 Å². The lowest BCUT2D eigenvalue weighted by atomic mass is 10.1. The van der Waals surface area contributed by atoms with Crippen LogP contribution in [0.25, 0.3) is 28.0 Å². The van der Waals surface area contributed by atoms with Crippen LogP contribution < -0.4 is 0 Å². The van der Waals surface area contributed by atoms with Crippen LogP contribution in [-0.4, -0.2) is 14.5 Å². The Morgan fingerprint density at radius 2 is 1.58 bits per heavy atom. The molecule has 0 aliphatic rings. The monoisotopic (exact) mass is 329 g/mol. The van der Waals surface area contributed by atoms with Crippen LogP contribution in [0.5, 0.6) is 0 Å². The fourth-order valence-corrected chi connectivity index (χ4v) is 3.22. The van der Waals surface area contributed by atoms with Crippen molar-refractivity contribution >= 4 is 23.1 Å². The van der Waals surface area contributed by atoms with Crippen LogP contribution in [0, 0.1) is 11.6 Å². The number of hydrogen-bond donors (Lipinski definition) is 0. The zero-order valence-electron chi connectivity index (χ0n) is 13.2. The molecule has 4 heteroatoms. The van der Waals surface area contributed by atoms with E-state index in [2.05, 4.69) is 28.6 Å². The third-order valence-electron chi connectivity index (χ3n) is 4.07. The van der Waals surface area contributed by atoms with Crippen LogP contribution in [0.4, 0.5) is 0 Å². The van der Waals surface area contributed by atoms with Gasteiger partial charge >= 0.3 is 0 Å². The predicted octanol–water partition coefficient (Wildman–Crippen LogP) is 5.13. The van der Waals surface area contributed by atoms with Crippen molar-refractivity contribution in [1.29, 1.82) is 0 Å². The number of fused-ring (bicyclic) bond motifs is 1. The quantitative estimate of drug-likeness (QED) is 0.478. The average molecular weight is 329 g/mol. The molecule has 0 bridgehead atoms. The smallest absolute Gasteiger partial charge is 0.146 e. The van der Waals surface area contributed by atoms with E-state index in [1.165, 1.54) is 0 Å². The normalized spacial score (nSPS) is 10.9. The number of benzene rings is 2. The van der Waals surface area contributed by atoms with Crippen molar-refractivity contribution in [3.8, 4) is 17.1 Å². The summed E-state index contributed by atoms with van der Waals surface area (Å²) in [6.45, 7) is 2.09. The summed E-state index contributed by atoms with van der Waals surface area (Å²) in [6, 6.07) is 20.1. The first kappa shape index (κ1) is 14.7. The van der Waals surface area contributed by atoms with Crippen molar-refractivity contribution < 1.29 is 0 Å². The highest BCUT2D eigenvalue weighted by molar-refractivity contribution is 7.71. The van der Waals surface area contributed by atoms with Crippen LogP contribution in [0.2, 0.25) is 0 Å². The van der Waals surface area contributed by atoms with E-state index >= 15 is 0 Å². The molecule has 0 aliphatic carbocycles. The largest absolute Gasteiger partial charge is 0.284 e. The molecule has 0 amide bonds. The molecule has 0 saturated heterocycles. The molecule has 3 nitrogen and oxygen atoms in total. The molecule has 0 unspecified atom stereocenters. The first-order valence-electron chi connectivity index (χ1n) is 7.74. The van der Waals surface area contributed by atoms with Crippen LogP contribution in [0.1, 0.15) is 5.56 Å². The van der Waals surface area contributed by atoms with Gasteiger partial charge < -0.3 is 0 Å². The lowest BCUT2D eigenvalue weighted by Gasteiger charge is -2.17. The first-order valence-corrected chi connectivity index (χ1v) is 8.15. The number of pyridine rings is 1. The Hall–Kier alpha value is -2.85. The summed E-state index contributed by atoms with van der Waals surface area (Å²) in [5, 5.41) is 0.980. The van der Waals surface area contributed by atoms with E-state index in [4.69, 9.17) is 17.2 Å². The number of aryl methyl sites for hydroxylation is 1. The van der Waals surface area contributed by atoms with Crippen LogP contribution in [0.3, 0.4) is 0 Å². The summed E-state index contributed by atoms with van der Waals surface area (Å²) in [4.78, 5) is 9.00. The molecule has 0 N–H and O–H groups in total. The van der Waals surface area contributed by atoms with Gasteiger partial charge in [-0.2, -0.15) is 0 Å². The second-order valence-electron chi connectivity index (χ2n) is 5.62. The molecule has 116 valence electrons. The topological polar surface area (TPSA) is 30.7 Å². The molecule has 2 aromatic heterocycles. The summed E-state index contributed by atoms with van der Waals surface area (Å²) >= 11 is 5.83. The van der Waals surface area contributed by atoms with Gasteiger partial charge in [-0.3, -0.25) is 9.55 Å². The molecule has 24 heavy (non-hydrogen) atoms. The fourth-order valence-electron chi connectivity index (χ4n) is 2.87. The van der Waals surface area contributed by atoms with Gasteiger partial charge in [0.2, 0.25) is 0 Å².